The Balaban J connectivity index is 2.12. The highest BCUT2D eigenvalue weighted by molar-refractivity contribution is 5.99. The molecule has 0 aliphatic rings. The Bertz CT molecular complexity index is 1380. The molecule has 0 fully saturated rings. The van der Waals surface area contributed by atoms with Gasteiger partial charge in [-0.25, -0.2) is 5.10 Å². The summed E-state index contributed by atoms with van der Waals surface area (Å²) >= 11 is 0. The number of nitrogens with one attached hydrogen (secondary N) is 7. The van der Waals surface area contributed by atoms with Crippen LogP contribution in [0.4, 0.5) is 0 Å². The summed E-state index contributed by atoms with van der Waals surface area (Å²) in [6.07, 6.45) is 2.27. The van der Waals surface area contributed by atoms with Crippen LogP contribution in [0.5, 0.6) is 0 Å². The normalized spacial score (nSPS) is 14.9. The number of likely N-dealkylation sites (N-methyl/N-ethyl adjacent to an activating group) is 1. The third-order valence-electron chi connectivity index (χ3n) is 8.50. The summed E-state index contributed by atoms with van der Waals surface area (Å²) in [5.74, 6) is -1.47. The van der Waals surface area contributed by atoms with E-state index in [9.17, 15) is 24.0 Å². The number of carbonyl (C=O) groups is 5. The van der Waals surface area contributed by atoms with Gasteiger partial charge >= 0.3 is 0 Å². The Labute approximate surface area is 296 Å². The SMILES string of the molecule is CCC[C@H](NC(=O)[C@@H](NC(=O)c1cccc(-c2nnn[nH]2)c1)[C@@H](C)CC)C(=O)N[C@H](CN[C@@H](C)C(=O)N[C@H](C(=O)NCC)C(C)C)CC(C)C. The number of benzene rings is 1. The molecular weight excluding hydrogens is 640 g/mol. The Kier molecular flexibility index (Phi) is 17.5. The largest absolute Gasteiger partial charge is 0.355 e. The molecule has 7 N–H and O–H groups in total. The average molecular weight is 699 g/mol. The predicted molar refractivity (Wildman–Crippen MR) is 191 cm³/mol. The van der Waals surface area contributed by atoms with E-state index >= 15 is 0 Å². The number of hydrogen-bond acceptors (Lipinski definition) is 9. The lowest BCUT2D eigenvalue weighted by Crippen LogP contribution is -2.58. The van der Waals surface area contributed by atoms with E-state index in [-0.39, 0.29) is 41.5 Å². The number of rotatable bonds is 21. The van der Waals surface area contributed by atoms with Crippen LogP contribution < -0.4 is 31.9 Å². The molecule has 278 valence electrons. The topological polar surface area (TPSA) is 212 Å². The number of hydrogen-bond donors (Lipinski definition) is 7. The van der Waals surface area contributed by atoms with Crippen LogP contribution in [0.15, 0.2) is 24.3 Å². The molecule has 15 heteroatoms. The molecule has 1 aromatic carbocycles. The first-order chi connectivity index (χ1) is 23.7. The van der Waals surface area contributed by atoms with Crippen LogP contribution in [-0.4, -0.2) is 93.5 Å². The minimum atomic E-state index is -0.892. The number of aromatic amines is 1. The molecule has 0 spiro atoms. The van der Waals surface area contributed by atoms with Gasteiger partial charge in [-0.05, 0) is 67.0 Å². The van der Waals surface area contributed by atoms with E-state index in [1.807, 2.05) is 55.4 Å². The molecule has 0 unspecified atom stereocenters. The second kappa shape index (κ2) is 21.0. The van der Waals surface area contributed by atoms with Gasteiger partial charge in [0.05, 0.1) is 6.04 Å². The Hall–Kier alpha value is -4.40. The van der Waals surface area contributed by atoms with Gasteiger partial charge in [-0.2, -0.15) is 0 Å². The molecule has 50 heavy (non-hydrogen) atoms. The van der Waals surface area contributed by atoms with Crippen molar-refractivity contribution in [3.63, 3.8) is 0 Å². The molecule has 0 saturated carbocycles. The second-order valence-electron chi connectivity index (χ2n) is 13.6. The van der Waals surface area contributed by atoms with E-state index in [0.717, 1.165) is 0 Å². The maximum atomic E-state index is 13.7. The minimum absolute atomic E-state index is 0.0984. The summed E-state index contributed by atoms with van der Waals surface area (Å²) in [4.78, 5) is 66.2. The molecule has 1 heterocycles. The van der Waals surface area contributed by atoms with Crippen LogP contribution in [0, 0.1) is 17.8 Å². The first-order valence-corrected chi connectivity index (χ1v) is 17.8. The first kappa shape index (κ1) is 41.8. The molecule has 2 rings (SSSR count). The van der Waals surface area contributed by atoms with Crippen molar-refractivity contribution in [2.45, 2.75) is 118 Å². The molecule has 0 saturated heterocycles. The summed E-state index contributed by atoms with van der Waals surface area (Å²) < 4.78 is 0. The number of carbonyl (C=O) groups excluding carboxylic acids is 5. The van der Waals surface area contributed by atoms with Crippen molar-refractivity contribution in [2.75, 3.05) is 13.1 Å². The quantitative estimate of drug-likeness (QED) is 0.102. The smallest absolute Gasteiger partial charge is 0.251 e. The lowest BCUT2D eigenvalue weighted by atomic mass is 9.96. The van der Waals surface area contributed by atoms with Gasteiger partial charge < -0.3 is 31.9 Å². The molecule has 0 radical (unpaired) electrons. The highest BCUT2D eigenvalue weighted by Gasteiger charge is 2.31. The van der Waals surface area contributed by atoms with Crippen LogP contribution in [0.2, 0.25) is 0 Å². The van der Waals surface area contributed by atoms with Crippen molar-refractivity contribution in [1.82, 2.24) is 52.5 Å². The Morgan fingerprint density at radius 2 is 1.54 bits per heavy atom. The maximum absolute atomic E-state index is 13.7. The molecule has 5 amide bonds. The molecular formula is C35H58N10O5. The lowest BCUT2D eigenvalue weighted by molar-refractivity contribution is -0.131. The van der Waals surface area contributed by atoms with Crippen molar-refractivity contribution < 1.29 is 24.0 Å². The highest BCUT2D eigenvalue weighted by Crippen LogP contribution is 2.17. The minimum Gasteiger partial charge on any atom is -0.355 e. The summed E-state index contributed by atoms with van der Waals surface area (Å²) in [5, 5.41) is 31.4. The van der Waals surface area contributed by atoms with Gasteiger partial charge in [0.15, 0.2) is 5.82 Å². The summed E-state index contributed by atoms with van der Waals surface area (Å²) in [6, 6.07) is 3.39. The molecule has 1 aromatic heterocycles. The molecule has 0 bridgehead atoms. The monoisotopic (exact) mass is 698 g/mol. The molecule has 15 nitrogen and oxygen atoms in total. The van der Waals surface area contributed by atoms with E-state index < -0.39 is 36.0 Å². The van der Waals surface area contributed by atoms with Crippen LogP contribution in [-0.2, 0) is 19.2 Å². The van der Waals surface area contributed by atoms with E-state index in [1.54, 1.807) is 31.2 Å². The Morgan fingerprint density at radius 1 is 0.820 bits per heavy atom. The number of amides is 5. The van der Waals surface area contributed by atoms with E-state index in [4.69, 9.17) is 0 Å². The van der Waals surface area contributed by atoms with Gasteiger partial charge in [-0.3, -0.25) is 24.0 Å². The molecule has 0 aliphatic carbocycles. The standard InChI is InChI=1S/C35H58N10O5/c1-10-14-27(33(48)38-26(17-20(4)5)19-37-23(9)31(46)40-28(21(6)7)34(49)36-12-3)39-35(50)29(22(8)11-2)41-32(47)25-16-13-15-24(18-25)30-42-44-45-43-30/h13,15-16,18,20-23,26-29,37H,10-12,14,17,19H2,1-9H3,(H,36,49)(H,38,48)(H,39,50)(H,40,46)(H,41,47)(H,42,43,44,45)/t22-,23-,26-,27-,28-,29-/m0/s1. The van der Waals surface area contributed by atoms with E-state index in [1.165, 1.54) is 0 Å². The van der Waals surface area contributed by atoms with E-state index in [0.29, 0.717) is 55.7 Å². The number of aromatic nitrogens is 4. The molecule has 2 aromatic rings. The fourth-order valence-corrected chi connectivity index (χ4v) is 5.41. The summed E-state index contributed by atoms with van der Waals surface area (Å²) in [5.41, 5.74) is 0.949. The van der Waals surface area contributed by atoms with Gasteiger partial charge in [-0.1, -0.05) is 73.4 Å². The lowest BCUT2D eigenvalue weighted by Gasteiger charge is -2.29. The fourth-order valence-electron chi connectivity index (χ4n) is 5.41. The van der Waals surface area contributed by atoms with Crippen LogP contribution in [0.3, 0.4) is 0 Å². The highest BCUT2D eigenvalue weighted by atomic mass is 16.2. The zero-order valence-corrected chi connectivity index (χ0v) is 31.1. The fraction of sp³-hybridized carbons (Fsp3) is 0.657. The van der Waals surface area contributed by atoms with Crippen molar-refractivity contribution in [1.29, 1.82) is 0 Å². The van der Waals surface area contributed by atoms with Crippen LogP contribution >= 0.6 is 0 Å². The summed E-state index contributed by atoms with van der Waals surface area (Å²) in [7, 11) is 0. The van der Waals surface area contributed by atoms with Crippen LogP contribution in [0.25, 0.3) is 11.4 Å². The van der Waals surface area contributed by atoms with Crippen molar-refractivity contribution in [2.24, 2.45) is 17.8 Å². The van der Waals surface area contributed by atoms with Crippen LogP contribution in [0.1, 0.15) is 98.4 Å². The second-order valence-corrected chi connectivity index (χ2v) is 13.6. The van der Waals surface area contributed by atoms with Crippen molar-refractivity contribution in [3.05, 3.63) is 29.8 Å². The van der Waals surface area contributed by atoms with Gasteiger partial charge in [0, 0.05) is 30.3 Å². The first-order valence-electron chi connectivity index (χ1n) is 17.8. The number of nitrogens with zero attached hydrogens (tertiary/aromatic N) is 3. The van der Waals surface area contributed by atoms with Gasteiger partial charge in [0.2, 0.25) is 23.6 Å². The maximum Gasteiger partial charge on any atom is 0.251 e. The van der Waals surface area contributed by atoms with Crippen molar-refractivity contribution >= 4 is 29.5 Å². The zero-order valence-electron chi connectivity index (χ0n) is 31.1. The molecule has 0 aliphatic heterocycles. The van der Waals surface area contributed by atoms with Gasteiger partial charge in [-0.15, -0.1) is 5.10 Å². The third-order valence-corrected chi connectivity index (χ3v) is 8.50. The predicted octanol–water partition coefficient (Wildman–Crippen LogP) is 2.08. The summed E-state index contributed by atoms with van der Waals surface area (Å²) in [6.45, 7) is 17.8. The van der Waals surface area contributed by atoms with Crippen molar-refractivity contribution in [3.8, 4) is 11.4 Å². The van der Waals surface area contributed by atoms with Gasteiger partial charge in [0.25, 0.3) is 5.91 Å². The van der Waals surface area contributed by atoms with E-state index in [2.05, 4.69) is 52.5 Å². The molecule has 6 atom stereocenters. The zero-order chi connectivity index (χ0) is 37.4. The third kappa shape index (κ3) is 13.1. The Morgan fingerprint density at radius 3 is 2.12 bits per heavy atom. The average Bonchev–Trinajstić information content (AvgIpc) is 3.62. The number of H-pyrrole nitrogens is 1. The number of tetrazole rings is 1. The van der Waals surface area contributed by atoms with Gasteiger partial charge in [0.1, 0.15) is 18.1 Å².